The molecule has 0 aliphatic rings. The Morgan fingerprint density at radius 1 is 1.35 bits per heavy atom. The second-order valence-corrected chi connectivity index (χ2v) is 6.02. The standard InChI is InChI=1S/C13H16F3O3P/c1-3-8-19-20(17,18-4-2)10-11-6-5-7-12(9-11)13(14,15)16/h3,5-7,9H,1,4,8,10H2,2H3. The first kappa shape index (κ1) is 17.0. The first-order valence-corrected chi connectivity index (χ1v) is 7.68. The lowest BCUT2D eigenvalue weighted by molar-refractivity contribution is -0.137. The highest BCUT2D eigenvalue weighted by Crippen LogP contribution is 2.51. The van der Waals surface area contributed by atoms with Crippen molar-refractivity contribution in [1.29, 1.82) is 0 Å². The van der Waals surface area contributed by atoms with Gasteiger partial charge in [-0.25, -0.2) is 0 Å². The van der Waals surface area contributed by atoms with Gasteiger partial charge in [-0.3, -0.25) is 4.57 Å². The first-order chi connectivity index (χ1) is 9.30. The van der Waals surface area contributed by atoms with E-state index < -0.39 is 19.3 Å². The maximum Gasteiger partial charge on any atom is 0.416 e. The van der Waals surface area contributed by atoms with E-state index in [0.29, 0.717) is 0 Å². The molecule has 112 valence electrons. The summed E-state index contributed by atoms with van der Waals surface area (Å²) in [6.45, 7) is 5.22. The monoisotopic (exact) mass is 308 g/mol. The third kappa shape index (κ3) is 5.12. The van der Waals surface area contributed by atoms with E-state index in [1.165, 1.54) is 18.2 Å². The number of benzene rings is 1. The van der Waals surface area contributed by atoms with Crippen LogP contribution in [0.15, 0.2) is 36.9 Å². The van der Waals surface area contributed by atoms with E-state index in [0.717, 1.165) is 12.1 Å². The summed E-state index contributed by atoms with van der Waals surface area (Å²) in [4.78, 5) is 0. The Morgan fingerprint density at radius 2 is 2.05 bits per heavy atom. The van der Waals surface area contributed by atoms with Gasteiger partial charge in [-0.15, -0.1) is 6.58 Å². The quantitative estimate of drug-likeness (QED) is 0.544. The molecule has 0 amide bonds. The Balaban J connectivity index is 2.94. The fourth-order valence-corrected chi connectivity index (χ4v) is 3.19. The van der Waals surface area contributed by atoms with E-state index >= 15 is 0 Å². The average Bonchev–Trinajstić information content (AvgIpc) is 2.36. The van der Waals surface area contributed by atoms with Crippen LogP contribution in [0.5, 0.6) is 0 Å². The zero-order chi connectivity index (χ0) is 15.2. The van der Waals surface area contributed by atoms with Crippen molar-refractivity contribution in [3.63, 3.8) is 0 Å². The van der Waals surface area contributed by atoms with Crippen LogP contribution in [0.4, 0.5) is 13.2 Å². The Kier molecular flexibility index (Phi) is 5.99. The van der Waals surface area contributed by atoms with Crippen molar-refractivity contribution >= 4 is 7.60 Å². The number of rotatable bonds is 7. The van der Waals surface area contributed by atoms with Crippen LogP contribution in [0.2, 0.25) is 0 Å². The van der Waals surface area contributed by atoms with Crippen molar-refractivity contribution in [2.24, 2.45) is 0 Å². The molecule has 0 aromatic heterocycles. The zero-order valence-electron chi connectivity index (χ0n) is 11.0. The van der Waals surface area contributed by atoms with Crippen LogP contribution >= 0.6 is 7.60 Å². The summed E-state index contributed by atoms with van der Waals surface area (Å²) >= 11 is 0. The minimum atomic E-state index is -4.44. The Hall–Kier alpha value is -1.10. The van der Waals surface area contributed by atoms with Gasteiger partial charge in [0.1, 0.15) is 0 Å². The normalized spacial score (nSPS) is 14.8. The van der Waals surface area contributed by atoms with Crippen molar-refractivity contribution < 1.29 is 26.8 Å². The van der Waals surface area contributed by atoms with E-state index in [1.54, 1.807) is 6.92 Å². The van der Waals surface area contributed by atoms with E-state index in [2.05, 4.69) is 6.58 Å². The highest BCUT2D eigenvalue weighted by atomic mass is 31.2. The molecule has 0 aliphatic heterocycles. The summed E-state index contributed by atoms with van der Waals surface area (Å²) in [5, 5.41) is 0. The van der Waals surface area contributed by atoms with Gasteiger partial charge in [-0.05, 0) is 18.6 Å². The molecule has 0 bridgehead atoms. The lowest BCUT2D eigenvalue weighted by Gasteiger charge is -2.17. The molecule has 1 unspecified atom stereocenters. The topological polar surface area (TPSA) is 35.5 Å². The molecular formula is C13H16F3O3P. The fourth-order valence-electron chi connectivity index (χ4n) is 1.56. The molecule has 7 heteroatoms. The van der Waals surface area contributed by atoms with Gasteiger partial charge in [0.15, 0.2) is 0 Å². The molecule has 3 nitrogen and oxygen atoms in total. The maximum atomic E-state index is 12.6. The molecule has 0 fully saturated rings. The molecule has 1 aromatic rings. The lowest BCUT2D eigenvalue weighted by Crippen LogP contribution is -2.06. The molecule has 1 aromatic carbocycles. The predicted octanol–water partition coefficient (Wildman–Crippen LogP) is 4.64. The van der Waals surface area contributed by atoms with E-state index in [4.69, 9.17) is 9.05 Å². The zero-order valence-corrected chi connectivity index (χ0v) is 11.9. The largest absolute Gasteiger partial charge is 0.416 e. The molecule has 20 heavy (non-hydrogen) atoms. The van der Waals surface area contributed by atoms with Crippen molar-refractivity contribution in [3.05, 3.63) is 48.0 Å². The van der Waals surface area contributed by atoms with Gasteiger partial charge in [-0.1, -0.05) is 24.3 Å². The molecule has 0 saturated heterocycles. The Labute approximate surface area is 115 Å². The van der Waals surface area contributed by atoms with Crippen LogP contribution < -0.4 is 0 Å². The Morgan fingerprint density at radius 3 is 2.60 bits per heavy atom. The van der Waals surface area contributed by atoms with Gasteiger partial charge in [0.2, 0.25) is 0 Å². The summed E-state index contributed by atoms with van der Waals surface area (Å²) < 4.78 is 60.3. The molecule has 0 aliphatic carbocycles. The molecule has 0 radical (unpaired) electrons. The number of hydrogen-bond donors (Lipinski definition) is 0. The van der Waals surface area contributed by atoms with Gasteiger partial charge in [0, 0.05) is 0 Å². The summed E-state index contributed by atoms with van der Waals surface area (Å²) in [7, 11) is -3.47. The minimum Gasteiger partial charge on any atom is -0.309 e. The molecule has 1 atom stereocenters. The van der Waals surface area contributed by atoms with E-state index in [1.807, 2.05) is 0 Å². The maximum absolute atomic E-state index is 12.6. The number of hydrogen-bond acceptors (Lipinski definition) is 3. The second-order valence-electron chi connectivity index (χ2n) is 3.97. The SMILES string of the molecule is C=CCOP(=O)(Cc1cccc(C(F)(F)F)c1)OCC. The van der Waals surface area contributed by atoms with Crippen molar-refractivity contribution in [1.82, 2.24) is 0 Å². The fraction of sp³-hybridized carbons (Fsp3) is 0.385. The van der Waals surface area contributed by atoms with Crippen molar-refractivity contribution in [3.8, 4) is 0 Å². The third-order valence-electron chi connectivity index (χ3n) is 2.35. The molecule has 0 heterocycles. The molecule has 0 N–H and O–H groups in total. The minimum absolute atomic E-state index is 0.0102. The molecule has 1 rings (SSSR count). The van der Waals surface area contributed by atoms with E-state index in [-0.39, 0.29) is 24.9 Å². The van der Waals surface area contributed by atoms with Gasteiger partial charge >= 0.3 is 13.8 Å². The van der Waals surface area contributed by atoms with Crippen molar-refractivity contribution in [2.75, 3.05) is 13.2 Å². The highest BCUT2D eigenvalue weighted by molar-refractivity contribution is 7.53. The van der Waals surface area contributed by atoms with Gasteiger partial charge in [-0.2, -0.15) is 13.2 Å². The Bertz CT molecular complexity index is 500. The first-order valence-electron chi connectivity index (χ1n) is 5.96. The third-order valence-corrected chi connectivity index (χ3v) is 4.29. The summed E-state index contributed by atoms with van der Waals surface area (Å²) in [5.41, 5.74) is -0.539. The van der Waals surface area contributed by atoms with Crippen LogP contribution in [0.25, 0.3) is 0 Å². The highest BCUT2D eigenvalue weighted by Gasteiger charge is 2.31. The van der Waals surface area contributed by atoms with Crippen molar-refractivity contribution in [2.45, 2.75) is 19.3 Å². The number of alkyl halides is 3. The average molecular weight is 308 g/mol. The molecular weight excluding hydrogens is 292 g/mol. The number of halogens is 3. The van der Waals surface area contributed by atoms with Crippen LogP contribution in [-0.4, -0.2) is 13.2 Å². The van der Waals surface area contributed by atoms with Crippen LogP contribution in [0.3, 0.4) is 0 Å². The van der Waals surface area contributed by atoms with Gasteiger partial charge in [0.05, 0.1) is 24.9 Å². The van der Waals surface area contributed by atoms with Crippen LogP contribution in [0, 0.1) is 0 Å². The van der Waals surface area contributed by atoms with Crippen LogP contribution in [-0.2, 0) is 26.0 Å². The van der Waals surface area contributed by atoms with Gasteiger partial charge in [0.25, 0.3) is 0 Å². The van der Waals surface area contributed by atoms with Crippen LogP contribution in [0.1, 0.15) is 18.1 Å². The van der Waals surface area contributed by atoms with E-state index in [9.17, 15) is 17.7 Å². The summed E-state index contributed by atoms with van der Waals surface area (Å²) in [6.07, 6.45) is -3.25. The molecule has 0 saturated carbocycles. The van der Waals surface area contributed by atoms with Gasteiger partial charge < -0.3 is 9.05 Å². The lowest BCUT2D eigenvalue weighted by atomic mass is 10.1. The second kappa shape index (κ2) is 7.07. The summed E-state index contributed by atoms with van der Waals surface area (Å²) in [5.74, 6) is 0. The predicted molar refractivity (Wildman–Crippen MR) is 70.5 cm³/mol. The molecule has 0 spiro atoms. The smallest absolute Gasteiger partial charge is 0.309 e. The summed E-state index contributed by atoms with van der Waals surface area (Å²) in [6, 6.07) is 4.63.